The highest BCUT2D eigenvalue weighted by molar-refractivity contribution is 5.97. The Morgan fingerprint density at radius 3 is 2.80 bits per heavy atom. The average Bonchev–Trinajstić information content (AvgIpc) is 2.28. The highest BCUT2D eigenvalue weighted by Crippen LogP contribution is 2.17. The lowest BCUT2D eigenvalue weighted by molar-refractivity contribution is 0.0839. The molecule has 0 aliphatic carbocycles. The van der Waals surface area contributed by atoms with E-state index in [9.17, 15) is 4.79 Å². The van der Waals surface area contributed by atoms with E-state index in [1.54, 1.807) is 18.2 Å². The van der Waals surface area contributed by atoms with Crippen LogP contribution in [0, 0.1) is 0 Å². The second kappa shape index (κ2) is 5.26. The van der Waals surface area contributed by atoms with E-state index in [1.807, 2.05) is 0 Å². The van der Waals surface area contributed by atoms with Crippen molar-refractivity contribution in [3.8, 4) is 5.75 Å². The maximum atomic E-state index is 11.6. The molecule has 0 aliphatic heterocycles. The topological polar surface area (TPSA) is 48.4 Å². The molecule has 15 heavy (non-hydrogen) atoms. The van der Waals surface area contributed by atoms with Crippen LogP contribution in [0.5, 0.6) is 5.75 Å². The van der Waals surface area contributed by atoms with E-state index in [0.29, 0.717) is 11.4 Å². The molecule has 0 aromatic carbocycles. The van der Waals surface area contributed by atoms with Crippen LogP contribution in [0.2, 0.25) is 0 Å². The van der Waals surface area contributed by atoms with Gasteiger partial charge in [-0.15, -0.1) is 0 Å². The average molecular weight is 207 g/mol. The minimum absolute atomic E-state index is 0.00996. The molecule has 0 unspecified atom stereocenters. The summed E-state index contributed by atoms with van der Waals surface area (Å²) < 4.78 is 9.80. The largest absolute Gasteiger partial charge is 0.494 e. The number of hydrogen-bond acceptors (Lipinski definition) is 4. The zero-order valence-corrected chi connectivity index (χ0v) is 8.82. The van der Waals surface area contributed by atoms with E-state index in [1.165, 1.54) is 14.2 Å². The van der Waals surface area contributed by atoms with Gasteiger partial charge in [-0.3, -0.25) is 4.79 Å². The summed E-state index contributed by atoms with van der Waals surface area (Å²) in [6.07, 6.45) is 1.57. The van der Waals surface area contributed by atoms with Crippen molar-refractivity contribution in [1.82, 2.24) is 4.98 Å². The van der Waals surface area contributed by atoms with Gasteiger partial charge < -0.3 is 9.47 Å². The van der Waals surface area contributed by atoms with Crippen LogP contribution in [0.25, 0.3) is 6.08 Å². The van der Waals surface area contributed by atoms with Gasteiger partial charge in [0.2, 0.25) is 5.78 Å². The number of methoxy groups -OCH3 is 2. The zero-order valence-electron chi connectivity index (χ0n) is 8.82. The molecule has 0 N–H and O–H groups in total. The number of carbonyl (C=O) groups excluding carboxylic acids is 1. The molecular formula is C11H13NO3. The van der Waals surface area contributed by atoms with Gasteiger partial charge in [-0.1, -0.05) is 6.58 Å². The molecular weight excluding hydrogens is 194 g/mol. The lowest BCUT2D eigenvalue weighted by atomic mass is 10.2. The van der Waals surface area contributed by atoms with E-state index >= 15 is 0 Å². The summed E-state index contributed by atoms with van der Waals surface area (Å²) in [6.45, 7) is 3.58. The van der Waals surface area contributed by atoms with Crippen molar-refractivity contribution in [2.45, 2.75) is 0 Å². The third kappa shape index (κ3) is 2.63. The molecule has 0 saturated carbocycles. The van der Waals surface area contributed by atoms with E-state index < -0.39 is 0 Å². The number of ether oxygens (including phenoxy) is 2. The Bertz CT molecular complexity index is 374. The van der Waals surface area contributed by atoms with Gasteiger partial charge >= 0.3 is 0 Å². The van der Waals surface area contributed by atoms with Gasteiger partial charge in [-0.2, -0.15) is 0 Å². The molecule has 1 aromatic heterocycles. The quantitative estimate of drug-likeness (QED) is 0.687. The molecule has 1 heterocycles. The van der Waals surface area contributed by atoms with Crippen LogP contribution >= 0.6 is 0 Å². The first kappa shape index (κ1) is 11.4. The Morgan fingerprint density at radius 2 is 2.27 bits per heavy atom. The number of rotatable bonds is 5. The molecule has 0 bridgehead atoms. The third-order valence-corrected chi connectivity index (χ3v) is 1.85. The van der Waals surface area contributed by atoms with E-state index in [-0.39, 0.29) is 18.1 Å². The van der Waals surface area contributed by atoms with Crippen molar-refractivity contribution >= 4 is 11.9 Å². The fourth-order valence-corrected chi connectivity index (χ4v) is 1.14. The summed E-state index contributed by atoms with van der Waals surface area (Å²) >= 11 is 0. The fourth-order valence-electron chi connectivity index (χ4n) is 1.14. The van der Waals surface area contributed by atoms with E-state index in [2.05, 4.69) is 11.6 Å². The van der Waals surface area contributed by atoms with Gasteiger partial charge in [0.25, 0.3) is 0 Å². The Labute approximate surface area is 88.5 Å². The first-order valence-electron chi connectivity index (χ1n) is 4.42. The van der Waals surface area contributed by atoms with Crippen molar-refractivity contribution in [2.24, 2.45) is 0 Å². The van der Waals surface area contributed by atoms with Crippen molar-refractivity contribution in [1.29, 1.82) is 0 Å². The van der Waals surface area contributed by atoms with Gasteiger partial charge in [-0.25, -0.2) is 4.98 Å². The monoisotopic (exact) mass is 207 g/mol. The molecule has 0 spiro atoms. The summed E-state index contributed by atoms with van der Waals surface area (Å²) in [5.41, 5.74) is 0.909. The second-order valence-electron chi connectivity index (χ2n) is 2.85. The lowest BCUT2D eigenvalue weighted by Crippen LogP contribution is -2.11. The van der Waals surface area contributed by atoms with Gasteiger partial charge in [0.1, 0.15) is 12.4 Å². The number of hydrogen-bond donors (Lipinski definition) is 0. The number of Topliss-reactive ketones (excluding diaryl/α,β-unsaturated/α-hetero) is 1. The van der Waals surface area contributed by atoms with Gasteiger partial charge in [0.15, 0.2) is 5.69 Å². The standard InChI is InChI=1S/C11H13NO3/c1-4-8-5-6-10(15-3)11(12-8)9(13)7-14-2/h4-6H,1,7H2,2-3H3. The van der Waals surface area contributed by atoms with Gasteiger partial charge in [0.05, 0.1) is 12.8 Å². The summed E-state index contributed by atoms with van der Waals surface area (Å²) in [7, 11) is 2.95. The third-order valence-electron chi connectivity index (χ3n) is 1.85. The number of carbonyl (C=O) groups is 1. The van der Waals surface area contributed by atoms with Crippen LogP contribution < -0.4 is 4.74 Å². The highest BCUT2D eigenvalue weighted by atomic mass is 16.5. The normalized spacial score (nSPS) is 9.73. The predicted molar refractivity (Wildman–Crippen MR) is 57.1 cm³/mol. The Hall–Kier alpha value is -1.68. The van der Waals surface area contributed by atoms with Crippen molar-refractivity contribution < 1.29 is 14.3 Å². The van der Waals surface area contributed by atoms with E-state index in [0.717, 1.165) is 0 Å². The maximum Gasteiger partial charge on any atom is 0.210 e. The van der Waals surface area contributed by atoms with Crippen molar-refractivity contribution in [3.05, 3.63) is 30.1 Å². The van der Waals surface area contributed by atoms with E-state index in [4.69, 9.17) is 9.47 Å². The molecule has 0 atom stereocenters. The molecule has 0 aliphatic rings. The fraction of sp³-hybridized carbons (Fsp3) is 0.273. The SMILES string of the molecule is C=Cc1ccc(OC)c(C(=O)COC)n1. The minimum Gasteiger partial charge on any atom is -0.494 e. The van der Waals surface area contributed by atoms with Crippen LogP contribution in [0.4, 0.5) is 0 Å². The number of aromatic nitrogens is 1. The molecule has 80 valence electrons. The summed E-state index contributed by atoms with van der Waals surface area (Å²) in [4.78, 5) is 15.7. The van der Waals surface area contributed by atoms with Crippen LogP contribution in [-0.4, -0.2) is 31.6 Å². The first-order valence-corrected chi connectivity index (χ1v) is 4.42. The summed E-state index contributed by atoms with van der Waals surface area (Å²) in [6, 6.07) is 3.42. The maximum absolute atomic E-state index is 11.6. The molecule has 0 saturated heterocycles. The van der Waals surface area contributed by atoms with Crippen LogP contribution in [-0.2, 0) is 4.74 Å². The molecule has 4 nitrogen and oxygen atoms in total. The van der Waals surface area contributed by atoms with Crippen LogP contribution in [0.1, 0.15) is 16.2 Å². The number of pyridine rings is 1. The smallest absolute Gasteiger partial charge is 0.210 e. The summed E-state index contributed by atoms with van der Waals surface area (Å²) in [5.74, 6) is 0.237. The number of nitrogens with zero attached hydrogens (tertiary/aromatic N) is 1. The number of ketones is 1. The molecule has 0 radical (unpaired) electrons. The molecule has 4 heteroatoms. The predicted octanol–water partition coefficient (Wildman–Crippen LogP) is 1.56. The van der Waals surface area contributed by atoms with Crippen LogP contribution in [0.3, 0.4) is 0 Å². The Morgan fingerprint density at radius 1 is 1.53 bits per heavy atom. The van der Waals surface area contributed by atoms with Crippen LogP contribution in [0.15, 0.2) is 18.7 Å². The zero-order chi connectivity index (χ0) is 11.3. The molecule has 0 amide bonds. The van der Waals surface area contributed by atoms with Gasteiger partial charge in [-0.05, 0) is 18.2 Å². The Kier molecular flexibility index (Phi) is 4.00. The first-order chi connectivity index (χ1) is 7.22. The molecule has 1 aromatic rings. The lowest BCUT2D eigenvalue weighted by Gasteiger charge is -2.06. The molecule has 0 fully saturated rings. The summed E-state index contributed by atoms with van der Waals surface area (Å²) in [5, 5.41) is 0. The molecule has 1 rings (SSSR count). The second-order valence-corrected chi connectivity index (χ2v) is 2.85. The Balaban J connectivity index is 3.11. The highest BCUT2D eigenvalue weighted by Gasteiger charge is 2.13. The van der Waals surface area contributed by atoms with Gasteiger partial charge in [0, 0.05) is 7.11 Å². The van der Waals surface area contributed by atoms with Crippen molar-refractivity contribution in [2.75, 3.05) is 20.8 Å². The van der Waals surface area contributed by atoms with Crippen molar-refractivity contribution in [3.63, 3.8) is 0 Å². The minimum atomic E-state index is -0.210.